The summed E-state index contributed by atoms with van der Waals surface area (Å²) in [7, 11) is 1.67. The van der Waals surface area contributed by atoms with Crippen molar-refractivity contribution >= 4 is 0 Å². The minimum absolute atomic E-state index is 0.143. The summed E-state index contributed by atoms with van der Waals surface area (Å²) in [6.45, 7) is 0.643. The van der Waals surface area contributed by atoms with Crippen LogP contribution in [0, 0.1) is 5.92 Å². The van der Waals surface area contributed by atoms with Crippen molar-refractivity contribution in [1.29, 1.82) is 0 Å². The van der Waals surface area contributed by atoms with Crippen LogP contribution < -0.4 is 10.5 Å². The maximum atomic E-state index is 9.79. The predicted octanol–water partition coefficient (Wildman–Crippen LogP) is 2.29. The first-order chi connectivity index (χ1) is 8.74. The molecule has 0 saturated heterocycles. The lowest BCUT2D eigenvalue weighted by molar-refractivity contribution is 0.0926. The van der Waals surface area contributed by atoms with Crippen molar-refractivity contribution in [2.24, 2.45) is 11.7 Å². The van der Waals surface area contributed by atoms with E-state index in [0.29, 0.717) is 18.4 Å². The normalized spacial score (nSPS) is 25.7. The molecule has 1 fully saturated rings. The van der Waals surface area contributed by atoms with Crippen LogP contribution in [-0.4, -0.2) is 24.9 Å². The summed E-state index contributed by atoms with van der Waals surface area (Å²) in [5.41, 5.74) is 7.20. The van der Waals surface area contributed by atoms with E-state index < -0.39 is 0 Å². The van der Waals surface area contributed by atoms with E-state index >= 15 is 0 Å². The van der Waals surface area contributed by atoms with Crippen LogP contribution in [0.4, 0.5) is 0 Å². The van der Waals surface area contributed by atoms with Crippen molar-refractivity contribution in [1.82, 2.24) is 0 Å². The molecule has 1 saturated carbocycles. The lowest BCUT2D eigenvalue weighted by Crippen LogP contribution is -2.28. The second-order valence-corrected chi connectivity index (χ2v) is 5.20. The fourth-order valence-electron chi connectivity index (χ4n) is 3.02. The van der Waals surface area contributed by atoms with Crippen molar-refractivity contribution in [2.75, 3.05) is 13.7 Å². The molecule has 0 amide bonds. The van der Waals surface area contributed by atoms with E-state index in [4.69, 9.17) is 10.5 Å². The van der Waals surface area contributed by atoms with E-state index in [1.165, 1.54) is 12.0 Å². The quantitative estimate of drug-likeness (QED) is 0.860. The molecule has 3 nitrogen and oxygen atoms in total. The topological polar surface area (TPSA) is 55.5 Å². The number of ether oxygens (including phenoxy) is 1. The largest absolute Gasteiger partial charge is 0.497 e. The average Bonchev–Trinajstić information content (AvgIpc) is 2.40. The third kappa shape index (κ3) is 3.03. The summed E-state index contributed by atoms with van der Waals surface area (Å²) in [4.78, 5) is 0. The Morgan fingerprint density at radius 1 is 1.33 bits per heavy atom. The molecule has 1 aliphatic carbocycles. The molecule has 3 unspecified atom stereocenters. The average molecular weight is 249 g/mol. The molecule has 0 heterocycles. The van der Waals surface area contributed by atoms with Crippen LogP contribution in [0.2, 0.25) is 0 Å². The fraction of sp³-hybridized carbons (Fsp3) is 0.600. The number of aliphatic hydroxyl groups is 1. The Kier molecular flexibility index (Phi) is 4.61. The first-order valence-electron chi connectivity index (χ1n) is 6.76. The first kappa shape index (κ1) is 13.4. The Bertz CT molecular complexity index is 363. The van der Waals surface area contributed by atoms with E-state index in [-0.39, 0.29) is 6.10 Å². The minimum Gasteiger partial charge on any atom is -0.497 e. The Hall–Kier alpha value is -1.06. The molecule has 0 radical (unpaired) electrons. The Labute approximate surface area is 109 Å². The number of benzene rings is 1. The summed E-state index contributed by atoms with van der Waals surface area (Å²) in [5.74, 6) is 1.73. The molecule has 18 heavy (non-hydrogen) atoms. The molecule has 1 aliphatic rings. The van der Waals surface area contributed by atoms with Crippen molar-refractivity contribution in [3.05, 3.63) is 29.8 Å². The van der Waals surface area contributed by atoms with Crippen LogP contribution in [0.25, 0.3) is 0 Å². The van der Waals surface area contributed by atoms with Gasteiger partial charge >= 0.3 is 0 Å². The van der Waals surface area contributed by atoms with Crippen molar-refractivity contribution in [3.8, 4) is 5.75 Å². The van der Waals surface area contributed by atoms with Gasteiger partial charge in [0.2, 0.25) is 0 Å². The summed E-state index contributed by atoms with van der Waals surface area (Å²) in [6.07, 6.45) is 3.96. The van der Waals surface area contributed by atoms with Crippen molar-refractivity contribution < 1.29 is 9.84 Å². The van der Waals surface area contributed by atoms with Crippen molar-refractivity contribution in [3.63, 3.8) is 0 Å². The van der Waals surface area contributed by atoms with Gasteiger partial charge in [0.25, 0.3) is 0 Å². The van der Waals surface area contributed by atoms with Gasteiger partial charge in [0.1, 0.15) is 5.75 Å². The van der Waals surface area contributed by atoms with E-state index in [1.54, 1.807) is 7.11 Å². The summed E-state index contributed by atoms with van der Waals surface area (Å²) >= 11 is 0. The van der Waals surface area contributed by atoms with E-state index in [1.807, 2.05) is 12.1 Å². The zero-order valence-corrected chi connectivity index (χ0v) is 11.0. The zero-order chi connectivity index (χ0) is 13.0. The second-order valence-electron chi connectivity index (χ2n) is 5.20. The van der Waals surface area contributed by atoms with E-state index in [0.717, 1.165) is 25.0 Å². The van der Waals surface area contributed by atoms with Gasteiger partial charge in [-0.25, -0.2) is 0 Å². The highest BCUT2D eigenvalue weighted by molar-refractivity contribution is 5.30. The highest BCUT2D eigenvalue weighted by Crippen LogP contribution is 2.36. The van der Waals surface area contributed by atoms with Gasteiger partial charge in [0.05, 0.1) is 13.2 Å². The molecule has 1 aromatic rings. The van der Waals surface area contributed by atoms with Crippen LogP contribution in [-0.2, 0) is 0 Å². The Balaban J connectivity index is 2.11. The van der Waals surface area contributed by atoms with Gasteiger partial charge in [0, 0.05) is 0 Å². The standard InChI is InChI=1S/C15H23NO2/c1-18-14-7-5-11(6-8-14)15(10-16)12-3-2-4-13(17)9-12/h5-8,12-13,15,17H,2-4,9-10,16H2,1H3. The number of hydrogen-bond donors (Lipinski definition) is 2. The minimum atomic E-state index is -0.143. The van der Waals surface area contributed by atoms with Gasteiger partial charge in [-0.3, -0.25) is 0 Å². The monoisotopic (exact) mass is 249 g/mol. The van der Waals surface area contributed by atoms with Gasteiger partial charge < -0.3 is 15.6 Å². The maximum Gasteiger partial charge on any atom is 0.118 e. The molecular weight excluding hydrogens is 226 g/mol. The lowest BCUT2D eigenvalue weighted by Gasteiger charge is -2.32. The molecule has 0 aromatic heterocycles. The SMILES string of the molecule is COc1ccc(C(CN)C2CCCC(O)C2)cc1. The number of hydrogen-bond acceptors (Lipinski definition) is 3. The fourth-order valence-corrected chi connectivity index (χ4v) is 3.02. The molecule has 2 rings (SSSR count). The van der Waals surface area contributed by atoms with Crippen LogP contribution in [0.3, 0.4) is 0 Å². The molecule has 0 bridgehead atoms. The molecule has 3 N–H and O–H groups in total. The third-order valence-electron chi connectivity index (χ3n) is 4.05. The van der Waals surface area contributed by atoms with Gasteiger partial charge in [-0.15, -0.1) is 0 Å². The number of nitrogens with two attached hydrogens (primary N) is 1. The Morgan fingerprint density at radius 2 is 2.06 bits per heavy atom. The Morgan fingerprint density at radius 3 is 2.61 bits per heavy atom. The molecular formula is C15H23NO2. The first-order valence-corrected chi connectivity index (χ1v) is 6.76. The third-order valence-corrected chi connectivity index (χ3v) is 4.05. The van der Waals surface area contributed by atoms with E-state index in [9.17, 15) is 5.11 Å². The van der Waals surface area contributed by atoms with Crippen LogP contribution in [0.15, 0.2) is 24.3 Å². The molecule has 0 spiro atoms. The summed E-state index contributed by atoms with van der Waals surface area (Å²) < 4.78 is 5.17. The zero-order valence-electron chi connectivity index (χ0n) is 11.0. The number of methoxy groups -OCH3 is 1. The van der Waals surface area contributed by atoms with Crippen LogP contribution in [0.1, 0.15) is 37.2 Å². The van der Waals surface area contributed by atoms with Crippen molar-refractivity contribution in [2.45, 2.75) is 37.7 Å². The number of aliphatic hydroxyl groups excluding tert-OH is 1. The second kappa shape index (κ2) is 6.21. The molecule has 1 aromatic carbocycles. The highest BCUT2D eigenvalue weighted by Gasteiger charge is 2.27. The van der Waals surface area contributed by atoms with Gasteiger partial charge in [-0.1, -0.05) is 18.6 Å². The van der Waals surface area contributed by atoms with Gasteiger partial charge in [-0.2, -0.15) is 0 Å². The summed E-state index contributed by atoms with van der Waals surface area (Å²) in [6, 6.07) is 8.16. The molecule has 3 heteroatoms. The van der Waals surface area contributed by atoms with E-state index in [2.05, 4.69) is 12.1 Å². The summed E-state index contributed by atoms with van der Waals surface area (Å²) in [5, 5.41) is 9.79. The molecule has 3 atom stereocenters. The maximum absolute atomic E-state index is 9.79. The molecule has 100 valence electrons. The highest BCUT2D eigenvalue weighted by atomic mass is 16.5. The van der Waals surface area contributed by atoms with Gasteiger partial charge in [-0.05, 0) is 55.3 Å². The number of rotatable bonds is 4. The lowest BCUT2D eigenvalue weighted by atomic mass is 9.76. The van der Waals surface area contributed by atoms with Crippen LogP contribution >= 0.6 is 0 Å². The predicted molar refractivity (Wildman–Crippen MR) is 72.8 cm³/mol. The smallest absolute Gasteiger partial charge is 0.118 e. The van der Waals surface area contributed by atoms with Crippen LogP contribution in [0.5, 0.6) is 5.75 Å². The molecule has 0 aliphatic heterocycles. The van der Waals surface area contributed by atoms with Gasteiger partial charge in [0.15, 0.2) is 0 Å².